The molecule has 0 spiro atoms. The molecule has 0 bridgehead atoms. The number of nitrogens with zero attached hydrogens (tertiary/aromatic N) is 5. The van der Waals surface area contributed by atoms with Gasteiger partial charge in [0, 0.05) is 68.5 Å². The third-order valence-electron chi connectivity index (χ3n) is 13.5. The van der Waals surface area contributed by atoms with Crippen LogP contribution < -0.4 is 5.43 Å². The van der Waals surface area contributed by atoms with Gasteiger partial charge in [-0.15, -0.1) is 0 Å². The molecule has 346 valence electrons. The zero-order chi connectivity index (χ0) is 45.8. The van der Waals surface area contributed by atoms with Crippen molar-refractivity contribution in [3.63, 3.8) is 0 Å². The minimum atomic E-state index is -1.46. The van der Waals surface area contributed by atoms with Crippen molar-refractivity contribution in [2.45, 2.75) is 161 Å². The predicted molar refractivity (Wildman–Crippen MR) is 228 cm³/mol. The molecule has 0 aromatic carbocycles. The first-order valence-corrected chi connectivity index (χ1v) is 22.0. The van der Waals surface area contributed by atoms with Gasteiger partial charge in [-0.25, -0.2) is 20.2 Å². The van der Waals surface area contributed by atoms with E-state index in [2.05, 4.69) is 15.4 Å². The van der Waals surface area contributed by atoms with Gasteiger partial charge in [-0.2, -0.15) is 0 Å². The highest BCUT2D eigenvalue weighted by molar-refractivity contribution is 5.85. The highest BCUT2D eigenvalue weighted by Gasteiger charge is 2.61. The van der Waals surface area contributed by atoms with Crippen LogP contribution in [-0.2, 0) is 42.8 Å². The molecule has 17 nitrogen and oxygen atoms in total. The summed E-state index contributed by atoms with van der Waals surface area (Å²) in [5.74, 6) is -4.78. The van der Waals surface area contributed by atoms with Crippen molar-refractivity contribution in [2.75, 3.05) is 27.7 Å². The number of rotatable bonds is 12. The van der Waals surface area contributed by atoms with E-state index in [1.54, 1.807) is 53.3 Å². The number of ketones is 1. The Morgan fingerprint density at radius 3 is 2.45 bits per heavy atom. The van der Waals surface area contributed by atoms with Crippen LogP contribution in [0.5, 0.6) is 0 Å². The van der Waals surface area contributed by atoms with E-state index in [9.17, 15) is 24.3 Å². The number of cyclic esters (lactones) is 1. The fraction of sp³-hybridized carbons (Fsp3) is 0.733. The molecular weight excluding hydrogens is 801 g/mol. The molecule has 3 aliphatic heterocycles. The number of pyridine rings is 1. The second-order valence-corrected chi connectivity index (χ2v) is 18.4. The van der Waals surface area contributed by atoms with Crippen molar-refractivity contribution >= 4 is 23.8 Å². The minimum absolute atomic E-state index is 0.0182. The van der Waals surface area contributed by atoms with Crippen LogP contribution in [0.3, 0.4) is 0 Å². The Bertz CT molecular complexity index is 1850. The molecule has 17 heteroatoms. The topological polar surface area (TPSA) is 193 Å². The standard InChI is InChI=1S/C45H70N6O11/c1-14-35-45(10)39(51(43(56)62-45)48-19-17-26(3)50-23-33(47-24-50)32-16-15-18-46-22-32)28(5)36(53)25(2)21-44(9,57-13)40(29(6)37(54)30(7)41(55)60-35)61-42-38(59-31(8)52)34(49(11)12)20-27(4)58-42/h15-16,18,22-30,34-35,37-40,42,48,54H,14,17,19-21H2,1-13H3/t25-,26-,27-,28+,29+,30-,34+,35-,37+,38-,39-,40-,42+,44-,45-/m1/s1. The van der Waals surface area contributed by atoms with Crippen LogP contribution in [0.4, 0.5) is 4.79 Å². The van der Waals surface area contributed by atoms with Gasteiger partial charge in [0.15, 0.2) is 18.0 Å². The number of hydrogen-bond donors (Lipinski definition) is 2. The number of ether oxygens (including phenoxy) is 6. The molecule has 5 rings (SSSR count). The number of hydrazine groups is 1. The van der Waals surface area contributed by atoms with Crippen LogP contribution in [0.25, 0.3) is 11.3 Å². The van der Waals surface area contributed by atoms with Crippen LogP contribution in [0, 0.1) is 23.7 Å². The Labute approximate surface area is 366 Å². The lowest BCUT2D eigenvalue weighted by molar-refractivity contribution is -0.303. The van der Waals surface area contributed by atoms with Gasteiger partial charge < -0.3 is 43.0 Å². The second kappa shape index (κ2) is 20.2. The third-order valence-corrected chi connectivity index (χ3v) is 13.5. The van der Waals surface area contributed by atoms with E-state index in [1.165, 1.54) is 19.0 Å². The average Bonchev–Trinajstić information content (AvgIpc) is 3.83. The van der Waals surface area contributed by atoms with Gasteiger partial charge in [-0.05, 0) is 86.5 Å². The summed E-state index contributed by atoms with van der Waals surface area (Å²) in [5, 5.41) is 13.4. The summed E-state index contributed by atoms with van der Waals surface area (Å²) in [5.41, 5.74) is 2.23. The van der Waals surface area contributed by atoms with E-state index in [0.717, 1.165) is 11.3 Å². The molecule has 0 aliphatic carbocycles. The van der Waals surface area contributed by atoms with E-state index < -0.39 is 89.7 Å². The van der Waals surface area contributed by atoms with Crippen molar-refractivity contribution < 1.29 is 52.7 Å². The predicted octanol–water partition coefficient (Wildman–Crippen LogP) is 4.97. The van der Waals surface area contributed by atoms with Crippen molar-refractivity contribution in [2.24, 2.45) is 23.7 Å². The molecule has 2 aromatic rings. The number of amides is 1. The quantitative estimate of drug-likeness (QED) is 0.215. The first kappa shape index (κ1) is 49.0. The summed E-state index contributed by atoms with van der Waals surface area (Å²) in [6, 6.07) is 2.61. The number of Topliss-reactive ketones (excluding diaryl/α,β-unsaturated/α-hetero) is 1. The van der Waals surface area contributed by atoms with Gasteiger partial charge in [0.2, 0.25) is 0 Å². The number of methoxy groups -OCH3 is 1. The Morgan fingerprint density at radius 2 is 1.84 bits per heavy atom. The summed E-state index contributed by atoms with van der Waals surface area (Å²) in [6.45, 7) is 17.8. The number of carbonyl (C=O) groups is 4. The number of nitrogens with one attached hydrogen (secondary N) is 1. The minimum Gasteiger partial charge on any atom is -0.458 e. The molecule has 0 saturated carbocycles. The Morgan fingerprint density at radius 1 is 1.13 bits per heavy atom. The number of hydrogen-bond acceptors (Lipinski definition) is 15. The number of likely N-dealkylation sites (N-methyl/N-ethyl adjacent to an activating group) is 1. The van der Waals surface area contributed by atoms with Gasteiger partial charge in [0.25, 0.3) is 0 Å². The van der Waals surface area contributed by atoms with Crippen LogP contribution in [0.1, 0.15) is 101 Å². The van der Waals surface area contributed by atoms with Gasteiger partial charge >= 0.3 is 18.0 Å². The molecule has 3 aliphatic rings. The summed E-state index contributed by atoms with van der Waals surface area (Å²) in [4.78, 5) is 66.1. The first-order chi connectivity index (χ1) is 29.2. The third kappa shape index (κ3) is 10.3. The van der Waals surface area contributed by atoms with Crippen LogP contribution in [0.15, 0.2) is 37.1 Å². The van der Waals surface area contributed by atoms with Crippen molar-refractivity contribution in [3.05, 3.63) is 37.1 Å². The molecule has 0 radical (unpaired) electrons. The zero-order valence-electron chi connectivity index (χ0n) is 38.8. The van der Waals surface area contributed by atoms with Crippen molar-refractivity contribution in [1.29, 1.82) is 0 Å². The summed E-state index contributed by atoms with van der Waals surface area (Å²) < 4.78 is 39.7. The summed E-state index contributed by atoms with van der Waals surface area (Å²) >= 11 is 0. The van der Waals surface area contributed by atoms with Crippen molar-refractivity contribution in [1.82, 2.24) is 29.9 Å². The van der Waals surface area contributed by atoms with E-state index in [4.69, 9.17) is 28.4 Å². The molecule has 2 N–H and O–H groups in total. The monoisotopic (exact) mass is 871 g/mol. The van der Waals surface area contributed by atoms with E-state index in [-0.39, 0.29) is 36.8 Å². The molecule has 0 unspecified atom stereocenters. The molecule has 62 heavy (non-hydrogen) atoms. The molecule has 1 amide bonds. The summed E-state index contributed by atoms with van der Waals surface area (Å²) in [7, 11) is 5.29. The average molecular weight is 871 g/mol. The molecule has 3 saturated heterocycles. The molecular formula is C45H70N6O11. The number of aliphatic hydroxyl groups is 1. The van der Waals surface area contributed by atoms with Gasteiger partial charge in [0.1, 0.15) is 17.9 Å². The first-order valence-electron chi connectivity index (χ1n) is 22.0. The molecule has 2 aromatic heterocycles. The highest BCUT2D eigenvalue weighted by Crippen LogP contribution is 2.43. The Kier molecular flexibility index (Phi) is 16.0. The maximum atomic E-state index is 14.9. The number of imidazole rings is 1. The molecule has 3 fully saturated rings. The zero-order valence-corrected chi connectivity index (χ0v) is 38.8. The maximum absolute atomic E-state index is 14.9. The summed E-state index contributed by atoms with van der Waals surface area (Å²) in [6.07, 6.45) is 2.48. The maximum Gasteiger partial charge on any atom is 0.425 e. The van der Waals surface area contributed by atoms with Gasteiger partial charge in [-0.1, -0.05) is 27.7 Å². The van der Waals surface area contributed by atoms with E-state index >= 15 is 0 Å². The Hall–Kier alpha value is -4.00. The van der Waals surface area contributed by atoms with Crippen LogP contribution in [0.2, 0.25) is 0 Å². The highest BCUT2D eigenvalue weighted by atomic mass is 16.7. The van der Waals surface area contributed by atoms with Crippen LogP contribution >= 0.6 is 0 Å². The van der Waals surface area contributed by atoms with E-state index in [0.29, 0.717) is 19.4 Å². The lowest BCUT2D eigenvalue weighted by Gasteiger charge is -2.48. The number of aromatic nitrogens is 3. The van der Waals surface area contributed by atoms with E-state index in [1.807, 2.05) is 69.6 Å². The molecule has 15 atom stereocenters. The number of carbonyl (C=O) groups excluding carboxylic acids is 4. The SMILES string of the molecule is CC[C@H]1OC(=O)[C@H](C)[C@@H](O)[C@H](C)[C@@H](O[C@@H]2O[C@H](C)C[C@H](N(C)C)[C@H]2OC(C)=O)[C@](C)(OC)C[C@@H](C)C(=O)[C@H](C)[C@H]2N(NCC[C@@H](C)n3cnc(-c4cccnc4)c3)C(=O)O[C@]12C. The van der Waals surface area contributed by atoms with Crippen molar-refractivity contribution in [3.8, 4) is 11.3 Å². The lowest BCUT2D eigenvalue weighted by Crippen LogP contribution is -2.62. The lowest BCUT2D eigenvalue weighted by atomic mass is 9.73. The fourth-order valence-corrected chi connectivity index (χ4v) is 9.77. The smallest absolute Gasteiger partial charge is 0.425 e. The number of esters is 2. The van der Waals surface area contributed by atoms with Gasteiger partial charge in [0.05, 0.1) is 47.9 Å². The largest absolute Gasteiger partial charge is 0.458 e. The number of aliphatic hydroxyl groups excluding tert-OH is 1. The Balaban J connectivity index is 1.47. The van der Waals surface area contributed by atoms with Crippen LogP contribution in [-0.4, -0.2) is 141 Å². The van der Waals surface area contributed by atoms with Gasteiger partial charge in [-0.3, -0.25) is 19.4 Å². The second-order valence-electron chi connectivity index (χ2n) is 18.4. The normalized spacial score (nSPS) is 36.7. The number of fused-ring (bicyclic) bond motifs is 1. The molecule has 5 heterocycles. The fourth-order valence-electron chi connectivity index (χ4n) is 9.77.